The standard InChI is InChI=1S/C13H27N3/c1-10-8-6-5-7-9-11(10)15-12(14)16-13(2,3)4/h10-11H,5-9H2,1-4H3,(H3,14,15,16). The van der Waals surface area contributed by atoms with Gasteiger partial charge in [-0.3, -0.25) is 0 Å². The van der Waals surface area contributed by atoms with Crippen molar-refractivity contribution in [1.82, 2.24) is 5.32 Å². The van der Waals surface area contributed by atoms with Gasteiger partial charge in [0.15, 0.2) is 5.96 Å². The Labute approximate surface area is 99.9 Å². The number of guanidine groups is 1. The second-order valence-corrected chi connectivity index (χ2v) is 6.07. The van der Waals surface area contributed by atoms with E-state index < -0.39 is 0 Å². The average Bonchev–Trinajstić information content (AvgIpc) is 2.29. The summed E-state index contributed by atoms with van der Waals surface area (Å²) in [6, 6.07) is 0.414. The monoisotopic (exact) mass is 225 g/mol. The minimum absolute atomic E-state index is 0.00154. The number of aliphatic imine (C=N–C) groups is 1. The lowest BCUT2D eigenvalue weighted by molar-refractivity contribution is 0.428. The molecule has 0 aliphatic heterocycles. The summed E-state index contributed by atoms with van der Waals surface area (Å²) in [5.74, 6) is 1.27. The Morgan fingerprint density at radius 3 is 2.44 bits per heavy atom. The first-order valence-electron chi connectivity index (χ1n) is 6.50. The molecule has 1 rings (SSSR count). The van der Waals surface area contributed by atoms with Gasteiger partial charge in [-0.15, -0.1) is 0 Å². The maximum absolute atomic E-state index is 5.94. The van der Waals surface area contributed by atoms with Crippen LogP contribution in [0.15, 0.2) is 4.99 Å². The maximum atomic E-state index is 5.94. The van der Waals surface area contributed by atoms with Crippen LogP contribution in [-0.2, 0) is 0 Å². The molecule has 1 fully saturated rings. The van der Waals surface area contributed by atoms with E-state index in [1.807, 2.05) is 0 Å². The molecule has 1 aliphatic carbocycles. The molecule has 0 aromatic rings. The first-order valence-corrected chi connectivity index (χ1v) is 6.50. The van der Waals surface area contributed by atoms with Gasteiger partial charge in [0.05, 0.1) is 6.04 Å². The zero-order chi connectivity index (χ0) is 12.2. The highest BCUT2D eigenvalue weighted by Crippen LogP contribution is 2.25. The fraction of sp³-hybridized carbons (Fsp3) is 0.923. The predicted octanol–water partition coefficient (Wildman–Crippen LogP) is 2.66. The molecule has 1 aliphatic rings. The summed E-state index contributed by atoms with van der Waals surface area (Å²) >= 11 is 0. The van der Waals surface area contributed by atoms with Crippen molar-refractivity contribution in [3.8, 4) is 0 Å². The molecule has 0 radical (unpaired) electrons. The lowest BCUT2D eigenvalue weighted by Crippen LogP contribution is -2.45. The van der Waals surface area contributed by atoms with E-state index in [1.165, 1.54) is 32.1 Å². The SMILES string of the molecule is CC1CCCCCC1N=C(N)NC(C)(C)C. The molecular weight excluding hydrogens is 198 g/mol. The minimum atomic E-state index is 0.00154. The molecule has 3 heteroatoms. The predicted molar refractivity (Wildman–Crippen MR) is 70.5 cm³/mol. The molecule has 0 spiro atoms. The quantitative estimate of drug-likeness (QED) is 0.409. The van der Waals surface area contributed by atoms with Crippen molar-refractivity contribution in [2.75, 3.05) is 0 Å². The third-order valence-corrected chi connectivity index (χ3v) is 3.12. The molecular formula is C13H27N3. The van der Waals surface area contributed by atoms with Crippen molar-refractivity contribution in [3.63, 3.8) is 0 Å². The van der Waals surface area contributed by atoms with E-state index in [0.29, 0.717) is 17.9 Å². The van der Waals surface area contributed by atoms with Gasteiger partial charge < -0.3 is 11.1 Å². The van der Waals surface area contributed by atoms with Crippen molar-refractivity contribution in [3.05, 3.63) is 0 Å². The number of rotatable bonds is 1. The molecule has 0 amide bonds. The largest absolute Gasteiger partial charge is 0.370 e. The van der Waals surface area contributed by atoms with Crippen LogP contribution in [0, 0.1) is 5.92 Å². The fourth-order valence-electron chi connectivity index (χ4n) is 2.26. The Bertz CT molecular complexity index is 240. The van der Waals surface area contributed by atoms with Crippen LogP contribution in [0.3, 0.4) is 0 Å². The van der Waals surface area contributed by atoms with E-state index in [9.17, 15) is 0 Å². The van der Waals surface area contributed by atoms with E-state index in [0.717, 1.165) is 0 Å². The summed E-state index contributed by atoms with van der Waals surface area (Å²) in [5, 5.41) is 3.24. The van der Waals surface area contributed by atoms with E-state index in [4.69, 9.17) is 5.73 Å². The molecule has 16 heavy (non-hydrogen) atoms. The Balaban J connectivity index is 2.58. The van der Waals surface area contributed by atoms with Crippen molar-refractivity contribution < 1.29 is 0 Å². The van der Waals surface area contributed by atoms with Crippen molar-refractivity contribution in [2.45, 2.75) is 71.4 Å². The van der Waals surface area contributed by atoms with Crippen LogP contribution in [0.1, 0.15) is 59.8 Å². The third-order valence-electron chi connectivity index (χ3n) is 3.12. The van der Waals surface area contributed by atoms with Gasteiger partial charge in [-0.25, -0.2) is 4.99 Å². The third kappa shape index (κ3) is 4.86. The number of hydrogen-bond donors (Lipinski definition) is 2. The summed E-state index contributed by atoms with van der Waals surface area (Å²) in [5.41, 5.74) is 5.94. The summed E-state index contributed by atoms with van der Waals surface area (Å²) in [4.78, 5) is 4.65. The molecule has 0 saturated heterocycles. The maximum Gasteiger partial charge on any atom is 0.189 e. The van der Waals surface area contributed by atoms with Crippen LogP contribution in [0.2, 0.25) is 0 Å². The minimum Gasteiger partial charge on any atom is -0.370 e. The van der Waals surface area contributed by atoms with Crippen molar-refractivity contribution in [1.29, 1.82) is 0 Å². The first-order chi connectivity index (χ1) is 7.38. The number of nitrogens with one attached hydrogen (secondary N) is 1. The smallest absolute Gasteiger partial charge is 0.189 e. The van der Waals surface area contributed by atoms with Crippen LogP contribution in [0.25, 0.3) is 0 Å². The summed E-state index contributed by atoms with van der Waals surface area (Å²) < 4.78 is 0. The second kappa shape index (κ2) is 5.55. The molecule has 0 heterocycles. The van der Waals surface area contributed by atoms with Crippen LogP contribution < -0.4 is 11.1 Å². The molecule has 2 atom stereocenters. The van der Waals surface area contributed by atoms with Crippen LogP contribution >= 0.6 is 0 Å². The summed E-state index contributed by atoms with van der Waals surface area (Å²) in [6.07, 6.45) is 6.47. The molecule has 3 nitrogen and oxygen atoms in total. The highest BCUT2D eigenvalue weighted by molar-refractivity contribution is 5.78. The molecule has 0 bridgehead atoms. The van der Waals surface area contributed by atoms with Crippen molar-refractivity contribution in [2.24, 2.45) is 16.6 Å². The highest BCUT2D eigenvalue weighted by atomic mass is 15.1. The Hall–Kier alpha value is -0.730. The Morgan fingerprint density at radius 1 is 1.19 bits per heavy atom. The van der Waals surface area contributed by atoms with Gasteiger partial charge in [0.25, 0.3) is 0 Å². The highest BCUT2D eigenvalue weighted by Gasteiger charge is 2.20. The van der Waals surface area contributed by atoms with Crippen LogP contribution in [0.5, 0.6) is 0 Å². The fourth-order valence-corrected chi connectivity index (χ4v) is 2.26. The molecule has 2 unspecified atom stereocenters. The van der Waals surface area contributed by atoms with Gasteiger partial charge in [0.2, 0.25) is 0 Å². The molecule has 94 valence electrons. The van der Waals surface area contributed by atoms with E-state index in [2.05, 4.69) is 38.0 Å². The molecule has 0 aromatic heterocycles. The van der Waals surface area contributed by atoms with E-state index in [1.54, 1.807) is 0 Å². The number of nitrogens with two attached hydrogens (primary N) is 1. The first kappa shape index (κ1) is 13.3. The lowest BCUT2D eigenvalue weighted by atomic mass is 9.98. The summed E-state index contributed by atoms with van der Waals surface area (Å²) in [7, 11) is 0. The van der Waals surface area contributed by atoms with Gasteiger partial charge in [-0.2, -0.15) is 0 Å². The number of nitrogens with zero attached hydrogens (tertiary/aromatic N) is 1. The van der Waals surface area contributed by atoms with Gasteiger partial charge in [0.1, 0.15) is 0 Å². The normalized spacial score (nSPS) is 28.6. The average molecular weight is 225 g/mol. The number of hydrogen-bond acceptors (Lipinski definition) is 1. The summed E-state index contributed by atoms with van der Waals surface area (Å²) in [6.45, 7) is 8.60. The van der Waals surface area contributed by atoms with E-state index in [-0.39, 0.29) is 5.54 Å². The Kier molecular flexibility index (Phi) is 4.63. The van der Waals surface area contributed by atoms with Crippen LogP contribution in [-0.4, -0.2) is 17.5 Å². The lowest BCUT2D eigenvalue weighted by Gasteiger charge is -2.23. The molecule has 1 saturated carbocycles. The zero-order valence-corrected chi connectivity index (χ0v) is 11.2. The zero-order valence-electron chi connectivity index (χ0n) is 11.2. The van der Waals surface area contributed by atoms with Gasteiger partial charge >= 0.3 is 0 Å². The van der Waals surface area contributed by atoms with Gasteiger partial charge in [0, 0.05) is 5.54 Å². The van der Waals surface area contributed by atoms with Crippen molar-refractivity contribution >= 4 is 5.96 Å². The van der Waals surface area contributed by atoms with E-state index >= 15 is 0 Å². The molecule has 0 aromatic carbocycles. The second-order valence-electron chi connectivity index (χ2n) is 6.07. The topological polar surface area (TPSA) is 50.4 Å². The van der Waals surface area contributed by atoms with Gasteiger partial charge in [-0.05, 0) is 39.5 Å². The molecule has 3 N–H and O–H groups in total. The Morgan fingerprint density at radius 2 is 1.81 bits per heavy atom. The van der Waals surface area contributed by atoms with Crippen LogP contribution in [0.4, 0.5) is 0 Å². The van der Waals surface area contributed by atoms with Gasteiger partial charge in [-0.1, -0.05) is 26.2 Å².